The molecule has 0 saturated heterocycles. The van der Waals surface area contributed by atoms with Crippen LogP contribution in [0.2, 0.25) is 0 Å². The summed E-state index contributed by atoms with van der Waals surface area (Å²) in [7, 11) is 0. The molecule has 1 nitrogen and oxygen atoms in total. The Kier molecular flexibility index (Phi) is 3.42. The first kappa shape index (κ1) is 11.4. The Labute approximate surface area is 101 Å². The molecule has 0 unspecified atom stereocenters. The Morgan fingerprint density at radius 1 is 1.06 bits per heavy atom. The van der Waals surface area contributed by atoms with E-state index in [1.165, 1.54) is 16.0 Å². The molecule has 1 aromatic heterocycles. The van der Waals surface area contributed by atoms with E-state index in [-0.39, 0.29) is 6.04 Å². The van der Waals surface area contributed by atoms with Crippen LogP contribution in [0, 0.1) is 0 Å². The summed E-state index contributed by atoms with van der Waals surface area (Å²) in [5, 5.41) is 2.07. The average molecular weight is 231 g/mol. The molecule has 2 N–H and O–H groups in total. The van der Waals surface area contributed by atoms with Crippen molar-refractivity contribution in [3.05, 3.63) is 57.8 Å². The second-order valence-corrected chi connectivity index (χ2v) is 5.30. The summed E-state index contributed by atoms with van der Waals surface area (Å²) < 4.78 is 0. The predicted octanol–water partition coefficient (Wildman–Crippen LogP) is 3.92. The maximum Gasteiger partial charge on any atom is 0.0646 e. The topological polar surface area (TPSA) is 26.0 Å². The van der Waals surface area contributed by atoms with Crippen LogP contribution in [0.5, 0.6) is 0 Å². The minimum atomic E-state index is 0.0127. The molecule has 0 saturated carbocycles. The molecule has 0 aliphatic heterocycles. The maximum atomic E-state index is 6.24. The van der Waals surface area contributed by atoms with E-state index in [9.17, 15) is 0 Å². The van der Waals surface area contributed by atoms with Gasteiger partial charge in [0.15, 0.2) is 0 Å². The van der Waals surface area contributed by atoms with E-state index in [0.29, 0.717) is 5.92 Å². The van der Waals surface area contributed by atoms with Gasteiger partial charge in [0.25, 0.3) is 0 Å². The van der Waals surface area contributed by atoms with E-state index in [1.54, 1.807) is 11.3 Å². The largest absolute Gasteiger partial charge is 0.320 e. The van der Waals surface area contributed by atoms with Crippen LogP contribution < -0.4 is 5.73 Å². The van der Waals surface area contributed by atoms with Crippen molar-refractivity contribution in [1.82, 2.24) is 0 Å². The second-order valence-electron chi connectivity index (χ2n) is 4.32. The lowest BCUT2D eigenvalue weighted by atomic mass is 9.97. The molecule has 0 radical (unpaired) electrons. The van der Waals surface area contributed by atoms with Crippen molar-refractivity contribution in [1.29, 1.82) is 0 Å². The zero-order valence-electron chi connectivity index (χ0n) is 9.68. The van der Waals surface area contributed by atoms with Gasteiger partial charge in [-0.25, -0.2) is 0 Å². The molecule has 0 aliphatic carbocycles. The highest BCUT2D eigenvalue weighted by molar-refractivity contribution is 7.10. The van der Waals surface area contributed by atoms with Crippen LogP contribution in [0.25, 0.3) is 0 Å². The van der Waals surface area contributed by atoms with Crippen molar-refractivity contribution < 1.29 is 0 Å². The Balaban J connectivity index is 2.30. The molecule has 0 fully saturated rings. The van der Waals surface area contributed by atoms with Crippen LogP contribution in [0.15, 0.2) is 41.8 Å². The molecule has 16 heavy (non-hydrogen) atoms. The maximum absolute atomic E-state index is 6.24. The van der Waals surface area contributed by atoms with Crippen LogP contribution in [0.1, 0.15) is 41.8 Å². The SMILES string of the molecule is CC(C)c1cccc([C@@H](N)c2cccs2)c1. The average Bonchev–Trinajstić information content (AvgIpc) is 2.81. The Morgan fingerprint density at radius 3 is 2.44 bits per heavy atom. The smallest absolute Gasteiger partial charge is 0.0646 e. The van der Waals surface area contributed by atoms with Gasteiger partial charge in [-0.15, -0.1) is 11.3 Å². The first-order valence-electron chi connectivity index (χ1n) is 5.57. The molecular formula is C14H17NS. The summed E-state index contributed by atoms with van der Waals surface area (Å²) >= 11 is 1.72. The lowest BCUT2D eigenvalue weighted by molar-refractivity contribution is 0.844. The third-order valence-electron chi connectivity index (χ3n) is 2.79. The number of nitrogens with two attached hydrogens (primary N) is 1. The van der Waals surface area contributed by atoms with Gasteiger partial charge in [0.1, 0.15) is 0 Å². The van der Waals surface area contributed by atoms with E-state index < -0.39 is 0 Å². The molecule has 1 atom stereocenters. The van der Waals surface area contributed by atoms with E-state index in [1.807, 2.05) is 6.07 Å². The zero-order chi connectivity index (χ0) is 11.5. The van der Waals surface area contributed by atoms with Gasteiger partial charge in [0, 0.05) is 4.88 Å². The van der Waals surface area contributed by atoms with Crippen LogP contribution in [-0.2, 0) is 0 Å². The van der Waals surface area contributed by atoms with Gasteiger partial charge >= 0.3 is 0 Å². The van der Waals surface area contributed by atoms with E-state index >= 15 is 0 Å². The fourth-order valence-electron chi connectivity index (χ4n) is 1.74. The van der Waals surface area contributed by atoms with E-state index in [0.717, 1.165) is 0 Å². The predicted molar refractivity (Wildman–Crippen MR) is 70.9 cm³/mol. The monoisotopic (exact) mass is 231 g/mol. The summed E-state index contributed by atoms with van der Waals surface area (Å²) in [4.78, 5) is 1.22. The molecular weight excluding hydrogens is 214 g/mol. The molecule has 2 aromatic rings. The van der Waals surface area contributed by atoms with Gasteiger partial charge in [-0.2, -0.15) is 0 Å². The molecule has 2 heteroatoms. The minimum absolute atomic E-state index is 0.0127. The van der Waals surface area contributed by atoms with Crippen molar-refractivity contribution in [2.24, 2.45) is 5.73 Å². The number of hydrogen-bond donors (Lipinski definition) is 1. The fraction of sp³-hybridized carbons (Fsp3) is 0.286. The first-order valence-corrected chi connectivity index (χ1v) is 6.45. The summed E-state index contributed by atoms with van der Waals surface area (Å²) in [6.45, 7) is 4.41. The van der Waals surface area contributed by atoms with Crippen LogP contribution in [0.4, 0.5) is 0 Å². The summed E-state index contributed by atoms with van der Waals surface area (Å²) in [6.07, 6.45) is 0. The molecule has 2 rings (SSSR count). The van der Waals surface area contributed by atoms with Gasteiger partial charge in [-0.05, 0) is 28.5 Å². The number of thiophene rings is 1. The highest BCUT2D eigenvalue weighted by Crippen LogP contribution is 2.25. The van der Waals surface area contributed by atoms with Crippen molar-refractivity contribution >= 4 is 11.3 Å². The number of benzene rings is 1. The first-order chi connectivity index (χ1) is 7.68. The zero-order valence-corrected chi connectivity index (χ0v) is 10.5. The third kappa shape index (κ3) is 2.34. The van der Waals surface area contributed by atoms with Gasteiger partial charge < -0.3 is 5.73 Å². The van der Waals surface area contributed by atoms with Gasteiger partial charge in [0.2, 0.25) is 0 Å². The normalized spacial score (nSPS) is 13.0. The Bertz CT molecular complexity index is 446. The van der Waals surface area contributed by atoms with Gasteiger partial charge in [-0.3, -0.25) is 0 Å². The third-order valence-corrected chi connectivity index (χ3v) is 3.74. The summed E-state index contributed by atoms with van der Waals surface area (Å²) in [6, 6.07) is 12.7. The van der Waals surface area contributed by atoms with Gasteiger partial charge in [-0.1, -0.05) is 44.2 Å². The van der Waals surface area contributed by atoms with E-state index in [2.05, 4.69) is 49.6 Å². The summed E-state index contributed by atoms with van der Waals surface area (Å²) in [5.74, 6) is 0.551. The number of hydrogen-bond acceptors (Lipinski definition) is 2. The molecule has 0 bridgehead atoms. The number of rotatable bonds is 3. The lowest BCUT2D eigenvalue weighted by Gasteiger charge is -2.13. The van der Waals surface area contributed by atoms with Crippen molar-refractivity contribution in [3.8, 4) is 0 Å². The Morgan fingerprint density at radius 2 is 1.81 bits per heavy atom. The van der Waals surface area contributed by atoms with Crippen LogP contribution >= 0.6 is 11.3 Å². The highest BCUT2D eigenvalue weighted by atomic mass is 32.1. The molecule has 0 aliphatic rings. The fourth-order valence-corrected chi connectivity index (χ4v) is 2.50. The van der Waals surface area contributed by atoms with E-state index in [4.69, 9.17) is 5.73 Å². The molecule has 84 valence electrons. The van der Waals surface area contributed by atoms with Gasteiger partial charge in [0.05, 0.1) is 6.04 Å². The standard InChI is InChI=1S/C14H17NS/c1-10(2)11-5-3-6-12(9-11)14(15)13-7-4-8-16-13/h3-10,14H,15H2,1-2H3/t14-/m1/s1. The lowest BCUT2D eigenvalue weighted by Crippen LogP contribution is -2.10. The minimum Gasteiger partial charge on any atom is -0.320 e. The summed E-state index contributed by atoms with van der Waals surface area (Å²) in [5.41, 5.74) is 8.79. The van der Waals surface area contributed by atoms with Crippen molar-refractivity contribution in [2.75, 3.05) is 0 Å². The van der Waals surface area contributed by atoms with Crippen LogP contribution in [0.3, 0.4) is 0 Å². The van der Waals surface area contributed by atoms with Crippen molar-refractivity contribution in [3.63, 3.8) is 0 Å². The molecule has 1 aromatic carbocycles. The van der Waals surface area contributed by atoms with Crippen molar-refractivity contribution in [2.45, 2.75) is 25.8 Å². The molecule has 0 amide bonds. The van der Waals surface area contributed by atoms with Crippen LogP contribution in [-0.4, -0.2) is 0 Å². The Hall–Kier alpha value is -1.12. The molecule has 1 heterocycles. The molecule has 0 spiro atoms. The highest BCUT2D eigenvalue weighted by Gasteiger charge is 2.10. The second kappa shape index (κ2) is 4.81. The quantitative estimate of drug-likeness (QED) is 0.851.